The fraction of sp³-hybridized carbons (Fsp3) is 0.125. The summed E-state index contributed by atoms with van der Waals surface area (Å²) in [6.07, 6.45) is 1.71. The first-order valence-corrected chi connectivity index (χ1v) is 7.30. The summed E-state index contributed by atoms with van der Waals surface area (Å²) in [4.78, 5) is 20.2. The molecule has 22 heavy (non-hydrogen) atoms. The van der Waals surface area contributed by atoms with Crippen molar-refractivity contribution in [3.8, 4) is 0 Å². The molecule has 3 rings (SSSR count). The van der Waals surface area contributed by atoms with E-state index in [1.165, 1.54) is 0 Å². The number of nitrogens with one attached hydrogen (secondary N) is 2. The first-order valence-electron chi connectivity index (χ1n) is 6.85. The van der Waals surface area contributed by atoms with Gasteiger partial charge < -0.3 is 16.0 Å². The molecule has 3 aromatic rings. The minimum Gasteiger partial charge on any atom is -0.397 e. The topological polar surface area (TPSA) is 83.8 Å². The molecule has 1 amide bonds. The number of aromatic nitrogens is 2. The van der Waals surface area contributed by atoms with Gasteiger partial charge in [-0.2, -0.15) is 0 Å². The second kappa shape index (κ2) is 5.73. The Morgan fingerprint density at radius 3 is 2.95 bits per heavy atom. The number of anilines is 1. The zero-order valence-electron chi connectivity index (χ0n) is 12.1. The van der Waals surface area contributed by atoms with Crippen LogP contribution in [0.3, 0.4) is 0 Å². The number of hydrogen-bond acceptors (Lipinski definition) is 4. The van der Waals surface area contributed by atoms with E-state index in [4.69, 9.17) is 5.73 Å². The molecule has 5 nitrogen and oxygen atoms in total. The van der Waals surface area contributed by atoms with Crippen molar-refractivity contribution in [1.29, 1.82) is 0 Å². The third kappa shape index (κ3) is 2.65. The van der Waals surface area contributed by atoms with E-state index in [0.717, 1.165) is 27.1 Å². The highest BCUT2D eigenvalue weighted by Crippen LogP contribution is 2.22. The Bertz CT molecular complexity index is 837. The van der Waals surface area contributed by atoms with Gasteiger partial charge in [-0.3, -0.25) is 9.78 Å². The van der Waals surface area contributed by atoms with E-state index >= 15 is 0 Å². The summed E-state index contributed by atoms with van der Waals surface area (Å²) in [5, 5.41) is 3.84. The quantitative estimate of drug-likeness (QED) is 0.443. The third-order valence-electron chi connectivity index (χ3n) is 3.56. The molecule has 0 saturated heterocycles. The number of fused-ring (bicyclic) bond motifs is 1. The van der Waals surface area contributed by atoms with Crippen LogP contribution in [0, 0.1) is 6.92 Å². The second-order valence-corrected chi connectivity index (χ2v) is 5.57. The minimum atomic E-state index is -0.169. The molecule has 0 bridgehead atoms. The molecule has 0 saturated carbocycles. The van der Waals surface area contributed by atoms with E-state index in [2.05, 4.69) is 27.9 Å². The highest BCUT2D eigenvalue weighted by Gasteiger charge is 2.11. The Morgan fingerprint density at radius 2 is 2.23 bits per heavy atom. The lowest BCUT2D eigenvalue weighted by Gasteiger charge is -2.09. The van der Waals surface area contributed by atoms with Crippen LogP contribution in [-0.2, 0) is 6.54 Å². The van der Waals surface area contributed by atoms with Crippen LogP contribution in [0.5, 0.6) is 0 Å². The number of nitrogen functional groups attached to an aromatic ring is 1. The number of amides is 1. The Morgan fingerprint density at radius 1 is 1.41 bits per heavy atom. The summed E-state index contributed by atoms with van der Waals surface area (Å²) in [5.74, 6) is -0.169. The summed E-state index contributed by atoms with van der Waals surface area (Å²) in [7, 11) is 0. The molecule has 0 aliphatic carbocycles. The number of pyridine rings is 1. The van der Waals surface area contributed by atoms with Gasteiger partial charge in [0.25, 0.3) is 5.91 Å². The number of aromatic amines is 1. The lowest BCUT2D eigenvalue weighted by atomic mass is 10.1. The maximum absolute atomic E-state index is 12.2. The number of nitrogens with zero attached hydrogens (tertiary/aromatic N) is 1. The molecule has 0 aliphatic heterocycles. The number of rotatable bonds is 3. The van der Waals surface area contributed by atoms with Crippen molar-refractivity contribution in [3.05, 3.63) is 53.5 Å². The fourth-order valence-electron chi connectivity index (χ4n) is 2.35. The average Bonchev–Trinajstić information content (AvgIpc) is 2.86. The summed E-state index contributed by atoms with van der Waals surface area (Å²) >= 11 is 4.28. The Labute approximate surface area is 133 Å². The van der Waals surface area contributed by atoms with Gasteiger partial charge in [-0.15, -0.1) is 12.6 Å². The van der Waals surface area contributed by atoms with Crippen LogP contribution in [0.4, 0.5) is 5.69 Å². The number of H-pyrrole nitrogens is 1. The van der Waals surface area contributed by atoms with Gasteiger partial charge in [0.1, 0.15) is 5.69 Å². The van der Waals surface area contributed by atoms with Gasteiger partial charge in [-0.05, 0) is 30.7 Å². The zero-order chi connectivity index (χ0) is 15.7. The molecule has 4 N–H and O–H groups in total. The number of benzene rings is 1. The van der Waals surface area contributed by atoms with Gasteiger partial charge in [-0.1, -0.05) is 12.1 Å². The lowest BCUT2D eigenvalue weighted by molar-refractivity contribution is 0.0946. The van der Waals surface area contributed by atoms with Crippen molar-refractivity contribution >= 4 is 35.1 Å². The lowest BCUT2D eigenvalue weighted by Crippen LogP contribution is -2.23. The third-order valence-corrected chi connectivity index (χ3v) is 4.03. The fourth-order valence-corrected chi connectivity index (χ4v) is 2.53. The smallest absolute Gasteiger partial charge is 0.268 e. The predicted octanol–water partition coefficient (Wildman–Crippen LogP) is 2.67. The van der Waals surface area contributed by atoms with E-state index < -0.39 is 0 Å². The zero-order valence-corrected chi connectivity index (χ0v) is 12.9. The van der Waals surface area contributed by atoms with Crippen LogP contribution in [0.2, 0.25) is 0 Å². The first-order chi connectivity index (χ1) is 10.6. The highest BCUT2D eigenvalue weighted by molar-refractivity contribution is 7.80. The molecule has 1 aromatic carbocycles. The molecule has 0 unspecified atom stereocenters. The van der Waals surface area contributed by atoms with Crippen molar-refractivity contribution in [1.82, 2.24) is 15.3 Å². The van der Waals surface area contributed by atoms with E-state index in [1.807, 2.05) is 25.1 Å². The van der Waals surface area contributed by atoms with Crippen molar-refractivity contribution in [2.45, 2.75) is 18.4 Å². The van der Waals surface area contributed by atoms with Gasteiger partial charge in [-0.25, -0.2) is 0 Å². The van der Waals surface area contributed by atoms with Gasteiger partial charge in [0.05, 0.1) is 11.2 Å². The maximum Gasteiger partial charge on any atom is 0.268 e. The standard InChI is InChI=1S/C16H16N4OS/c1-9-14(22)7-13(20-9)16(21)19-8-10-4-5-12(17)15-11(10)3-2-6-18-15/h2-7,20,22H,8,17H2,1H3,(H,19,21). The van der Waals surface area contributed by atoms with Crippen LogP contribution in [0.25, 0.3) is 10.9 Å². The normalized spacial score (nSPS) is 10.8. The molecule has 0 radical (unpaired) electrons. The minimum absolute atomic E-state index is 0.169. The van der Waals surface area contributed by atoms with Crippen LogP contribution in [0.15, 0.2) is 41.4 Å². The van der Waals surface area contributed by atoms with Crippen LogP contribution in [0.1, 0.15) is 21.7 Å². The summed E-state index contributed by atoms with van der Waals surface area (Å²) < 4.78 is 0. The SMILES string of the molecule is Cc1[nH]c(C(=O)NCc2ccc(N)c3ncccc23)cc1S. The number of thiol groups is 1. The molecule has 0 fully saturated rings. The Balaban J connectivity index is 1.82. The molecule has 0 aliphatic rings. The van der Waals surface area contributed by atoms with E-state index in [1.54, 1.807) is 18.3 Å². The van der Waals surface area contributed by atoms with Gasteiger partial charge in [0.2, 0.25) is 0 Å². The van der Waals surface area contributed by atoms with E-state index in [0.29, 0.717) is 17.9 Å². The van der Waals surface area contributed by atoms with E-state index in [9.17, 15) is 4.79 Å². The van der Waals surface area contributed by atoms with Crippen molar-refractivity contribution < 1.29 is 4.79 Å². The van der Waals surface area contributed by atoms with Gasteiger partial charge in [0.15, 0.2) is 0 Å². The Kier molecular flexibility index (Phi) is 3.77. The highest BCUT2D eigenvalue weighted by atomic mass is 32.1. The largest absolute Gasteiger partial charge is 0.397 e. The number of aryl methyl sites for hydroxylation is 1. The maximum atomic E-state index is 12.2. The predicted molar refractivity (Wildman–Crippen MR) is 90.1 cm³/mol. The Hall–Kier alpha value is -2.47. The number of carbonyl (C=O) groups excluding carboxylic acids is 1. The van der Waals surface area contributed by atoms with Crippen molar-refractivity contribution in [2.75, 3.05) is 5.73 Å². The van der Waals surface area contributed by atoms with Crippen molar-refractivity contribution in [2.24, 2.45) is 0 Å². The summed E-state index contributed by atoms with van der Waals surface area (Å²) in [6, 6.07) is 9.24. The molecule has 2 aromatic heterocycles. The first kappa shape index (κ1) is 14.5. The molecule has 0 spiro atoms. The molecule has 6 heteroatoms. The van der Waals surface area contributed by atoms with Crippen LogP contribution < -0.4 is 11.1 Å². The number of nitrogens with two attached hydrogens (primary N) is 1. The molecular formula is C16H16N4OS. The van der Waals surface area contributed by atoms with Gasteiger partial charge in [0, 0.05) is 28.7 Å². The van der Waals surface area contributed by atoms with Crippen molar-refractivity contribution in [3.63, 3.8) is 0 Å². The average molecular weight is 312 g/mol. The molecule has 2 heterocycles. The van der Waals surface area contributed by atoms with Crippen LogP contribution >= 0.6 is 12.6 Å². The monoisotopic (exact) mass is 312 g/mol. The number of carbonyl (C=O) groups is 1. The molecule has 0 atom stereocenters. The van der Waals surface area contributed by atoms with E-state index in [-0.39, 0.29) is 5.91 Å². The summed E-state index contributed by atoms with van der Waals surface area (Å²) in [5.41, 5.74) is 9.65. The number of hydrogen-bond donors (Lipinski definition) is 4. The molecular weight excluding hydrogens is 296 g/mol. The van der Waals surface area contributed by atoms with Gasteiger partial charge >= 0.3 is 0 Å². The van der Waals surface area contributed by atoms with Crippen LogP contribution in [-0.4, -0.2) is 15.9 Å². The molecule has 112 valence electrons. The summed E-state index contributed by atoms with van der Waals surface area (Å²) in [6.45, 7) is 2.28. The second-order valence-electron chi connectivity index (χ2n) is 5.09.